The normalized spacial score (nSPS) is 13.2. The molecule has 1 heterocycles. The highest BCUT2D eigenvalue weighted by atomic mass is 16.5. The van der Waals surface area contributed by atoms with Gasteiger partial charge in [0.15, 0.2) is 11.5 Å². The Morgan fingerprint density at radius 1 is 0.964 bits per heavy atom. The molecule has 4 heteroatoms. The van der Waals surface area contributed by atoms with Gasteiger partial charge in [-0.15, -0.1) is 0 Å². The number of nitrogens with zero attached hydrogens (tertiary/aromatic N) is 1. The molecule has 3 aromatic rings. The highest BCUT2D eigenvalue weighted by molar-refractivity contribution is 5.93. The Morgan fingerprint density at radius 2 is 1.79 bits per heavy atom. The maximum Gasteiger partial charge on any atom is 0.160 e. The number of hydrogen-bond acceptors (Lipinski definition) is 4. The smallest absolute Gasteiger partial charge is 0.160 e. The Kier molecular flexibility index (Phi) is 5.65. The van der Waals surface area contributed by atoms with Gasteiger partial charge in [-0.25, -0.2) is 0 Å². The number of para-hydroxylation sites is 1. The first-order chi connectivity index (χ1) is 13.8. The van der Waals surface area contributed by atoms with Gasteiger partial charge in [0.25, 0.3) is 0 Å². The molecule has 2 aromatic carbocycles. The summed E-state index contributed by atoms with van der Waals surface area (Å²) in [5.74, 6) is 1.57. The van der Waals surface area contributed by atoms with Crippen LogP contribution in [0.1, 0.15) is 36.1 Å². The third-order valence-corrected chi connectivity index (χ3v) is 5.56. The van der Waals surface area contributed by atoms with Crippen molar-refractivity contribution in [2.45, 2.75) is 38.5 Å². The van der Waals surface area contributed by atoms with E-state index >= 15 is 0 Å². The number of pyridine rings is 1. The molecule has 1 aromatic heterocycles. The van der Waals surface area contributed by atoms with Crippen LogP contribution in [0.2, 0.25) is 0 Å². The summed E-state index contributed by atoms with van der Waals surface area (Å²) < 4.78 is 10.7. The summed E-state index contributed by atoms with van der Waals surface area (Å²) in [6.07, 6.45) is 6.79. The highest BCUT2D eigenvalue weighted by Gasteiger charge is 2.17. The standard InChI is InChI=1S/C24H28N2O2/c1-27-22-14-13-17(16-23(22)28-2)8-7-15-25-24-18-9-3-5-11-20(18)26-21-12-6-4-10-19(21)24/h3,5,9,11,13-14,16H,4,6-8,10,12,15H2,1-2H3,(H,25,26). The van der Waals surface area contributed by atoms with E-state index in [1.165, 1.54) is 40.7 Å². The molecule has 0 atom stereocenters. The predicted octanol–water partition coefficient (Wildman–Crippen LogP) is 5.18. The third kappa shape index (κ3) is 3.77. The lowest BCUT2D eigenvalue weighted by atomic mass is 9.92. The molecule has 0 saturated heterocycles. The Morgan fingerprint density at radius 3 is 2.64 bits per heavy atom. The van der Waals surface area contributed by atoms with Gasteiger partial charge in [-0.1, -0.05) is 24.3 Å². The fraction of sp³-hybridized carbons (Fsp3) is 0.375. The van der Waals surface area contributed by atoms with Crippen LogP contribution in [-0.2, 0) is 19.3 Å². The Hall–Kier alpha value is -2.75. The summed E-state index contributed by atoms with van der Waals surface area (Å²) in [6, 6.07) is 14.7. The van der Waals surface area contributed by atoms with E-state index < -0.39 is 0 Å². The molecule has 0 saturated carbocycles. The largest absolute Gasteiger partial charge is 0.493 e. The van der Waals surface area contributed by atoms with Gasteiger partial charge in [-0.2, -0.15) is 0 Å². The van der Waals surface area contributed by atoms with E-state index in [9.17, 15) is 0 Å². The summed E-state index contributed by atoms with van der Waals surface area (Å²) in [6.45, 7) is 0.939. The van der Waals surface area contributed by atoms with Gasteiger partial charge in [-0.05, 0) is 67.9 Å². The lowest BCUT2D eigenvalue weighted by molar-refractivity contribution is 0.354. The first kappa shape index (κ1) is 18.6. The monoisotopic (exact) mass is 376 g/mol. The maximum atomic E-state index is 5.42. The second-order valence-electron chi connectivity index (χ2n) is 7.36. The van der Waals surface area contributed by atoms with Gasteiger partial charge >= 0.3 is 0 Å². The minimum atomic E-state index is 0.777. The number of aryl methyl sites for hydroxylation is 2. The van der Waals surface area contributed by atoms with Crippen molar-refractivity contribution in [2.24, 2.45) is 0 Å². The lowest BCUT2D eigenvalue weighted by Gasteiger charge is -2.21. The fourth-order valence-corrected chi connectivity index (χ4v) is 4.12. The summed E-state index contributed by atoms with van der Waals surface area (Å²) >= 11 is 0. The van der Waals surface area contributed by atoms with Gasteiger partial charge in [0.05, 0.1) is 19.7 Å². The van der Waals surface area contributed by atoms with Crippen molar-refractivity contribution in [3.05, 3.63) is 59.3 Å². The van der Waals surface area contributed by atoms with Crippen molar-refractivity contribution < 1.29 is 9.47 Å². The lowest BCUT2D eigenvalue weighted by Crippen LogP contribution is -2.12. The predicted molar refractivity (Wildman–Crippen MR) is 115 cm³/mol. The number of aromatic nitrogens is 1. The summed E-state index contributed by atoms with van der Waals surface area (Å²) in [7, 11) is 3.35. The first-order valence-electron chi connectivity index (χ1n) is 10.2. The highest BCUT2D eigenvalue weighted by Crippen LogP contribution is 2.33. The third-order valence-electron chi connectivity index (χ3n) is 5.56. The van der Waals surface area contributed by atoms with Crippen molar-refractivity contribution in [3.8, 4) is 11.5 Å². The van der Waals surface area contributed by atoms with Crippen LogP contribution in [-0.4, -0.2) is 25.7 Å². The molecule has 1 aliphatic rings. The van der Waals surface area contributed by atoms with E-state index in [4.69, 9.17) is 14.5 Å². The molecule has 1 aliphatic carbocycles. The molecule has 0 aliphatic heterocycles. The Labute approximate surface area is 166 Å². The van der Waals surface area contributed by atoms with E-state index in [-0.39, 0.29) is 0 Å². The van der Waals surface area contributed by atoms with Crippen molar-refractivity contribution in [1.29, 1.82) is 0 Å². The number of hydrogen-bond donors (Lipinski definition) is 1. The van der Waals surface area contributed by atoms with Crippen LogP contribution in [0.4, 0.5) is 5.69 Å². The molecule has 146 valence electrons. The second kappa shape index (κ2) is 8.51. The van der Waals surface area contributed by atoms with E-state index in [0.717, 1.165) is 49.2 Å². The SMILES string of the molecule is COc1ccc(CCCNc2c3c(nc4ccccc24)CCCC3)cc1OC. The Balaban J connectivity index is 1.47. The summed E-state index contributed by atoms with van der Waals surface area (Å²) in [5, 5.41) is 4.99. The number of nitrogens with one attached hydrogen (secondary N) is 1. The van der Waals surface area contributed by atoms with E-state index in [2.05, 4.69) is 41.7 Å². The van der Waals surface area contributed by atoms with E-state index in [1.807, 2.05) is 6.07 Å². The van der Waals surface area contributed by atoms with Crippen LogP contribution in [0.3, 0.4) is 0 Å². The zero-order chi connectivity index (χ0) is 19.3. The zero-order valence-corrected chi connectivity index (χ0v) is 16.8. The maximum absolute atomic E-state index is 5.42. The van der Waals surface area contributed by atoms with Crippen molar-refractivity contribution in [3.63, 3.8) is 0 Å². The van der Waals surface area contributed by atoms with E-state index in [1.54, 1.807) is 14.2 Å². The van der Waals surface area contributed by atoms with Crippen LogP contribution in [0.15, 0.2) is 42.5 Å². The van der Waals surface area contributed by atoms with Gasteiger partial charge in [0.2, 0.25) is 0 Å². The molecule has 4 rings (SSSR count). The average molecular weight is 377 g/mol. The number of ether oxygens (including phenoxy) is 2. The molecule has 0 radical (unpaired) electrons. The molecule has 4 nitrogen and oxygen atoms in total. The molecule has 0 fully saturated rings. The van der Waals surface area contributed by atoms with Crippen LogP contribution in [0, 0.1) is 0 Å². The van der Waals surface area contributed by atoms with Crippen LogP contribution < -0.4 is 14.8 Å². The van der Waals surface area contributed by atoms with Gasteiger partial charge in [-0.3, -0.25) is 4.98 Å². The molecule has 0 bridgehead atoms. The molecule has 0 spiro atoms. The molecule has 0 unspecified atom stereocenters. The first-order valence-corrected chi connectivity index (χ1v) is 10.2. The second-order valence-corrected chi connectivity index (χ2v) is 7.36. The molecule has 28 heavy (non-hydrogen) atoms. The molecular weight excluding hydrogens is 348 g/mol. The van der Waals surface area contributed by atoms with Gasteiger partial charge < -0.3 is 14.8 Å². The minimum absolute atomic E-state index is 0.777. The Bertz CT molecular complexity index is 968. The molecule has 0 amide bonds. The number of anilines is 1. The van der Waals surface area contributed by atoms with Crippen LogP contribution in [0.25, 0.3) is 10.9 Å². The summed E-state index contributed by atoms with van der Waals surface area (Å²) in [4.78, 5) is 4.92. The van der Waals surface area contributed by atoms with Gasteiger partial charge in [0, 0.05) is 23.3 Å². The van der Waals surface area contributed by atoms with Gasteiger partial charge in [0.1, 0.15) is 0 Å². The number of fused-ring (bicyclic) bond motifs is 2. The zero-order valence-electron chi connectivity index (χ0n) is 16.8. The summed E-state index contributed by atoms with van der Waals surface area (Å²) in [5.41, 5.74) is 6.38. The number of methoxy groups -OCH3 is 2. The fourth-order valence-electron chi connectivity index (χ4n) is 4.12. The van der Waals surface area contributed by atoms with Crippen molar-refractivity contribution in [2.75, 3.05) is 26.1 Å². The average Bonchev–Trinajstić information content (AvgIpc) is 2.75. The van der Waals surface area contributed by atoms with E-state index in [0.29, 0.717) is 0 Å². The van der Waals surface area contributed by atoms with Crippen LogP contribution >= 0.6 is 0 Å². The molecular formula is C24H28N2O2. The quantitative estimate of drug-likeness (QED) is 0.577. The van der Waals surface area contributed by atoms with Crippen molar-refractivity contribution >= 4 is 16.6 Å². The number of benzene rings is 2. The number of rotatable bonds is 7. The topological polar surface area (TPSA) is 43.4 Å². The minimum Gasteiger partial charge on any atom is -0.493 e. The van der Waals surface area contributed by atoms with Crippen molar-refractivity contribution in [1.82, 2.24) is 4.98 Å². The molecule has 1 N–H and O–H groups in total. The van der Waals surface area contributed by atoms with Crippen LogP contribution in [0.5, 0.6) is 11.5 Å².